The molecule has 0 saturated heterocycles. The van der Waals surface area contributed by atoms with Gasteiger partial charge in [-0.25, -0.2) is 4.98 Å². The van der Waals surface area contributed by atoms with Crippen LogP contribution < -0.4 is 0 Å². The summed E-state index contributed by atoms with van der Waals surface area (Å²) in [5, 5.41) is 9.61. The summed E-state index contributed by atoms with van der Waals surface area (Å²) in [6.07, 6.45) is 3.65. The second kappa shape index (κ2) is 4.26. The van der Waals surface area contributed by atoms with Crippen molar-refractivity contribution in [2.24, 2.45) is 11.3 Å². The first-order valence-electron chi connectivity index (χ1n) is 7.10. The standard InChI is InChI=1S/C16H22N2O/c1-16(2,3)9-15-17-13-8-12(19)6-7-14(13)18(15)10-11-4-5-11/h6-8,11,19H,4-5,9-10H2,1-3H3. The lowest BCUT2D eigenvalue weighted by molar-refractivity contribution is 0.391. The lowest BCUT2D eigenvalue weighted by Crippen LogP contribution is -2.15. The van der Waals surface area contributed by atoms with Crippen molar-refractivity contribution < 1.29 is 5.11 Å². The first-order chi connectivity index (χ1) is 8.92. The van der Waals surface area contributed by atoms with Crippen LogP contribution in [0.5, 0.6) is 5.75 Å². The Morgan fingerprint density at radius 2 is 2.05 bits per heavy atom. The number of aromatic hydroxyl groups is 1. The number of nitrogens with zero attached hydrogens (tertiary/aromatic N) is 2. The molecule has 19 heavy (non-hydrogen) atoms. The molecule has 0 aliphatic heterocycles. The van der Waals surface area contributed by atoms with Gasteiger partial charge in [-0.1, -0.05) is 20.8 Å². The molecule has 0 spiro atoms. The van der Waals surface area contributed by atoms with Crippen LogP contribution in [0, 0.1) is 11.3 Å². The molecule has 0 bridgehead atoms. The number of aromatic nitrogens is 2. The van der Waals surface area contributed by atoms with E-state index in [1.807, 2.05) is 6.07 Å². The van der Waals surface area contributed by atoms with Crippen molar-refractivity contribution in [2.45, 2.75) is 46.6 Å². The van der Waals surface area contributed by atoms with Crippen molar-refractivity contribution >= 4 is 11.0 Å². The predicted molar refractivity (Wildman–Crippen MR) is 77.3 cm³/mol. The Hall–Kier alpha value is -1.51. The monoisotopic (exact) mass is 258 g/mol. The Morgan fingerprint density at radius 3 is 2.68 bits per heavy atom. The van der Waals surface area contributed by atoms with E-state index >= 15 is 0 Å². The number of benzene rings is 1. The topological polar surface area (TPSA) is 38.1 Å². The zero-order valence-corrected chi connectivity index (χ0v) is 12.0. The third-order valence-electron chi connectivity index (χ3n) is 3.64. The summed E-state index contributed by atoms with van der Waals surface area (Å²) >= 11 is 0. The van der Waals surface area contributed by atoms with E-state index in [-0.39, 0.29) is 5.41 Å². The second-order valence-electron chi connectivity index (χ2n) is 6.99. The van der Waals surface area contributed by atoms with Crippen LogP contribution in [0.2, 0.25) is 0 Å². The molecular weight excluding hydrogens is 236 g/mol. The summed E-state index contributed by atoms with van der Waals surface area (Å²) < 4.78 is 2.36. The zero-order chi connectivity index (χ0) is 13.6. The summed E-state index contributed by atoms with van der Waals surface area (Å²) in [5.74, 6) is 2.27. The number of hydrogen-bond donors (Lipinski definition) is 1. The quantitative estimate of drug-likeness (QED) is 0.910. The number of phenols is 1. The predicted octanol–water partition coefficient (Wildman–Crippen LogP) is 3.74. The van der Waals surface area contributed by atoms with Crippen LogP contribution in [0.4, 0.5) is 0 Å². The smallest absolute Gasteiger partial charge is 0.117 e. The van der Waals surface area contributed by atoms with Crippen molar-refractivity contribution in [1.82, 2.24) is 9.55 Å². The Balaban J connectivity index is 2.06. The molecule has 1 saturated carbocycles. The van der Waals surface area contributed by atoms with Gasteiger partial charge in [0.15, 0.2) is 0 Å². The van der Waals surface area contributed by atoms with Crippen LogP contribution >= 0.6 is 0 Å². The van der Waals surface area contributed by atoms with Gasteiger partial charge in [-0.2, -0.15) is 0 Å². The van der Waals surface area contributed by atoms with E-state index in [2.05, 4.69) is 25.3 Å². The first-order valence-corrected chi connectivity index (χ1v) is 7.10. The first kappa shape index (κ1) is 12.5. The number of rotatable bonds is 3. The van der Waals surface area contributed by atoms with E-state index in [9.17, 15) is 5.11 Å². The van der Waals surface area contributed by atoms with Gasteiger partial charge in [0.25, 0.3) is 0 Å². The molecule has 102 valence electrons. The van der Waals surface area contributed by atoms with Crippen molar-refractivity contribution in [2.75, 3.05) is 0 Å². The number of fused-ring (bicyclic) bond motifs is 1. The van der Waals surface area contributed by atoms with Gasteiger partial charge < -0.3 is 9.67 Å². The maximum Gasteiger partial charge on any atom is 0.117 e. The van der Waals surface area contributed by atoms with Gasteiger partial charge >= 0.3 is 0 Å². The average molecular weight is 258 g/mol. The lowest BCUT2D eigenvalue weighted by atomic mass is 9.92. The van der Waals surface area contributed by atoms with Crippen LogP contribution in [-0.4, -0.2) is 14.7 Å². The van der Waals surface area contributed by atoms with Gasteiger partial charge in [0, 0.05) is 19.0 Å². The van der Waals surface area contributed by atoms with Crippen LogP contribution in [0.1, 0.15) is 39.4 Å². The fourth-order valence-electron chi connectivity index (χ4n) is 2.54. The molecule has 3 heteroatoms. The highest BCUT2D eigenvalue weighted by Gasteiger charge is 2.25. The summed E-state index contributed by atoms with van der Waals surface area (Å²) in [5.41, 5.74) is 2.30. The summed E-state index contributed by atoms with van der Waals surface area (Å²) in [7, 11) is 0. The van der Waals surface area contributed by atoms with Gasteiger partial charge in [0.05, 0.1) is 11.0 Å². The Morgan fingerprint density at radius 1 is 1.32 bits per heavy atom. The maximum absolute atomic E-state index is 9.61. The normalized spacial score (nSPS) is 16.2. The van der Waals surface area contributed by atoms with E-state index < -0.39 is 0 Å². The molecule has 0 radical (unpaired) electrons. The Bertz CT molecular complexity index is 603. The fraction of sp³-hybridized carbons (Fsp3) is 0.562. The zero-order valence-electron chi connectivity index (χ0n) is 12.0. The van der Waals surface area contributed by atoms with E-state index in [1.165, 1.54) is 12.8 Å². The van der Waals surface area contributed by atoms with E-state index in [4.69, 9.17) is 4.98 Å². The highest BCUT2D eigenvalue weighted by atomic mass is 16.3. The van der Waals surface area contributed by atoms with Gasteiger partial charge in [-0.3, -0.25) is 0 Å². The molecule has 2 aromatic rings. The van der Waals surface area contributed by atoms with E-state index in [0.29, 0.717) is 5.75 Å². The number of phenolic OH excluding ortho intramolecular Hbond substituents is 1. The van der Waals surface area contributed by atoms with Crippen LogP contribution in [0.25, 0.3) is 11.0 Å². The molecule has 3 nitrogen and oxygen atoms in total. The van der Waals surface area contributed by atoms with Gasteiger partial charge in [-0.05, 0) is 36.3 Å². The van der Waals surface area contributed by atoms with Crippen molar-refractivity contribution in [3.05, 3.63) is 24.0 Å². The third-order valence-corrected chi connectivity index (χ3v) is 3.64. The average Bonchev–Trinajstić information content (AvgIpc) is 3.02. The van der Waals surface area contributed by atoms with Crippen LogP contribution in [-0.2, 0) is 13.0 Å². The Labute approximate surface area is 114 Å². The molecule has 1 aromatic carbocycles. The molecule has 1 N–H and O–H groups in total. The van der Waals surface area contributed by atoms with E-state index in [1.54, 1.807) is 12.1 Å². The fourth-order valence-corrected chi connectivity index (χ4v) is 2.54. The molecule has 1 aromatic heterocycles. The summed E-state index contributed by atoms with van der Waals surface area (Å²) in [4.78, 5) is 4.74. The van der Waals surface area contributed by atoms with Gasteiger partial charge in [0.1, 0.15) is 11.6 Å². The van der Waals surface area contributed by atoms with Crippen molar-refractivity contribution in [3.8, 4) is 5.75 Å². The minimum Gasteiger partial charge on any atom is -0.508 e. The molecule has 0 unspecified atom stereocenters. The number of imidazole rings is 1. The van der Waals surface area contributed by atoms with Crippen molar-refractivity contribution in [3.63, 3.8) is 0 Å². The van der Waals surface area contributed by atoms with Crippen molar-refractivity contribution in [1.29, 1.82) is 0 Å². The van der Waals surface area contributed by atoms with E-state index in [0.717, 1.165) is 35.7 Å². The molecule has 0 atom stereocenters. The molecule has 1 heterocycles. The second-order valence-corrected chi connectivity index (χ2v) is 6.99. The molecular formula is C16H22N2O. The highest BCUT2D eigenvalue weighted by Crippen LogP contribution is 2.34. The third kappa shape index (κ3) is 2.75. The summed E-state index contributed by atoms with van der Waals surface area (Å²) in [6.45, 7) is 7.80. The van der Waals surface area contributed by atoms with Crippen LogP contribution in [0.3, 0.4) is 0 Å². The number of hydrogen-bond acceptors (Lipinski definition) is 2. The largest absolute Gasteiger partial charge is 0.508 e. The molecule has 1 aliphatic carbocycles. The van der Waals surface area contributed by atoms with Gasteiger partial charge in [-0.15, -0.1) is 0 Å². The van der Waals surface area contributed by atoms with Crippen LogP contribution in [0.15, 0.2) is 18.2 Å². The molecule has 1 aliphatic rings. The highest BCUT2D eigenvalue weighted by molar-refractivity contribution is 5.77. The Kier molecular flexibility index (Phi) is 2.80. The van der Waals surface area contributed by atoms with Gasteiger partial charge in [0.2, 0.25) is 0 Å². The molecule has 3 rings (SSSR count). The summed E-state index contributed by atoms with van der Waals surface area (Å²) in [6, 6.07) is 5.52. The maximum atomic E-state index is 9.61. The lowest BCUT2D eigenvalue weighted by Gasteiger charge is -2.18. The molecule has 0 amide bonds. The minimum atomic E-state index is 0.227. The molecule has 1 fully saturated rings. The minimum absolute atomic E-state index is 0.227. The SMILES string of the molecule is CC(C)(C)Cc1nc2cc(O)ccc2n1CC1CC1.